The van der Waals surface area contributed by atoms with Crippen molar-refractivity contribution in [2.24, 2.45) is 5.92 Å². The van der Waals surface area contributed by atoms with Gasteiger partial charge in [-0.05, 0) is 12.8 Å². The first kappa shape index (κ1) is 8.24. The monoisotopic (exact) mass is 156 g/mol. The van der Waals surface area contributed by atoms with Gasteiger partial charge in [0.15, 0.2) is 0 Å². The van der Waals surface area contributed by atoms with Crippen molar-refractivity contribution in [2.45, 2.75) is 32.1 Å². The van der Waals surface area contributed by atoms with Crippen molar-refractivity contribution in [3.05, 3.63) is 0 Å². The lowest BCUT2D eigenvalue weighted by Crippen LogP contribution is -2.21. The summed E-state index contributed by atoms with van der Waals surface area (Å²) in [5, 5.41) is 8.43. The average molecular weight is 156 g/mol. The fraction of sp³-hybridized carbons (Fsp3) is 0.750. The first-order valence-corrected chi connectivity index (χ1v) is 3.94. The number of carboxylic acids is 1. The van der Waals surface area contributed by atoms with Crippen LogP contribution in [0.2, 0.25) is 0 Å². The van der Waals surface area contributed by atoms with Gasteiger partial charge in [0.2, 0.25) is 0 Å². The number of carbonyl (C=O) groups excluding carboxylic acids is 1. The van der Waals surface area contributed by atoms with E-state index < -0.39 is 5.97 Å². The Bertz CT molecular complexity index is 174. The molecule has 0 aromatic heterocycles. The number of Topliss-reactive ketones (excluding diaryl/α,β-unsaturated/α-hetero) is 1. The number of hydrogen-bond acceptors (Lipinski definition) is 2. The second kappa shape index (κ2) is 3.51. The molecule has 0 unspecified atom stereocenters. The molecule has 0 heterocycles. The summed E-state index contributed by atoms with van der Waals surface area (Å²) in [5.74, 6) is -0.912. The molecule has 1 fully saturated rings. The van der Waals surface area contributed by atoms with Crippen molar-refractivity contribution in [1.82, 2.24) is 0 Å². The molecule has 3 heteroatoms. The molecule has 1 saturated carbocycles. The normalized spacial score (nSPS) is 25.1. The molecule has 0 saturated heterocycles. The van der Waals surface area contributed by atoms with Crippen LogP contribution >= 0.6 is 0 Å². The van der Waals surface area contributed by atoms with Crippen LogP contribution in [0.5, 0.6) is 0 Å². The molecule has 11 heavy (non-hydrogen) atoms. The quantitative estimate of drug-likeness (QED) is 0.654. The Morgan fingerprint density at radius 3 is 2.82 bits per heavy atom. The molecule has 0 amide bonds. The van der Waals surface area contributed by atoms with Crippen LogP contribution in [0.4, 0.5) is 0 Å². The van der Waals surface area contributed by atoms with Gasteiger partial charge in [-0.3, -0.25) is 9.59 Å². The molecule has 1 N–H and O–H groups in total. The van der Waals surface area contributed by atoms with E-state index in [0.717, 1.165) is 19.3 Å². The molecule has 1 atom stereocenters. The van der Waals surface area contributed by atoms with Crippen molar-refractivity contribution in [2.75, 3.05) is 0 Å². The van der Waals surface area contributed by atoms with Gasteiger partial charge in [0, 0.05) is 12.3 Å². The van der Waals surface area contributed by atoms with Gasteiger partial charge in [-0.25, -0.2) is 0 Å². The molecule has 1 aliphatic rings. The number of ketones is 1. The molecule has 0 radical (unpaired) electrons. The molecular formula is C8H12O3. The molecule has 1 rings (SSSR count). The SMILES string of the molecule is O=C(O)C[C@@H]1CCCCC1=O. The Morgan fingerprint density at radius 2 is 2.27 bits per heavy atom. The number of carboxylic acid groups (broad SMARTS) is 1. The number of rotatable bonds is 2. The summed E-state index contributed by atoms with van der Waals surface area (Å²) in [6, 6.07) is 0. The van der Waals surface area contributed by atoms with Crippen LogP contribution in [0.25, 0.3) is 0 Å². The van der Waals surface area contributed by atoms with Crippen LogP contribution in [0, 0.1) is 5.92 Å². The summed E-state index contributed by atoms with van der Waals surface area (Å²) in [6.45, 7) is 0. The van der Waals surface area contributed by atoms with Crippen molar-refractivity contribution < 1.29 is 14.7 Å². The highest BCUT2D eigenvalue weighted by Crippen LogP contribution is 2.22. The predicted octanol–water partition coefficient (Wildman–Crippen LogP) is 1.22. The van der Waals surface area contributed by atoms with Gasteiger partial charge >= 0.3 is 5.97 Å². The van der Waals surface area contributed by atoms with Crippen molar-refractivity contribution in [1.29, 1.82) is 0 Å². The van der Waals surface area contributed by atoms with Crippen LogP contribution in [0.15, 0.2) is 0 Å². The maximum Gasteiger partial charge on any atom is 0.304 e. The van der Waals surface area contributed by atoms with E-state index in [1.165, 1.54) is 0 Å². The fourth-order valence-electron chi connectivity index (χ4n) is 1.48. The zero-order valence-corrected chi connectivity index (χ0v) is 6.38. The molecule has 0 bridgehead atoms. The third-order valence-electron chi connectivity index (χ3n) is 2.10. The van der Waals surface area contributed by atoms with Gasteiger partial charge in [0.25, 0.3) is 0 Å². The highest BCUT2D eigenvalue weighted by molar-refractivity contribution is 5.85. The van der Waals surface area contributed by atoms with Crippen molar-refractivity contribution >= 4 is 11.8 Å². The summed E-state index contributed by atoms with van der Waals surface area (Å²) in [6.07, 6.45) is 3.32. The van der Waals surface area contributed by atoms with E-state index in [4.69, 9.17) is 5.11 Å². The van der Waals surface area contributed by atoms with E-state index in [1.54, 1.807) is 0 Å². The zero-order valence-electron chi connectivity index (χ0n) is 6.38. The van der Waals surface area contributed by atoms with E-state index >= 15 is 0 Å². The smallest absolute Gasteiger partial charge is 0.304 e. The average Bonchev–Trinajstić information content (AvgIpc) is 1.93. The number of aliphatic carboxylic acids is 1. The third-order valence-corrected chi connectivity index (χ3v) is 2.10. The van der Waals surface area contributed by atoms with Crippen LogP contribution in [0.1, 0.15) is 32.1 Å². The van der Waals surface area contributed by atoms with Crippen LogP contribution in [-0.2, 0) is 9.59 Å². The minimum Gasteiger partial charge on any atom is -0.481 e. The fourth-order valence-corrected chi connectivity index (χ4v) is 1.48. The van der Waals surface area contributed by atoms with E-state index in [0.29, 0.717) is 6.42 Å². The van der Waals surface area contributed by atoms with Gasteiger partial charge in [-0.2, -0.15) is 0 Å². The Balaban J connectivity index is 2.42. The van der Waals surface area contributed by atoms with E-state index in [1.807, 2.05) is 0 Å². The van der Waals surface area contributed by atoms with E-state index in [2.05, 4.69) is 0 Å². The standard InChI is InChI=1S/C8H12O3/c9-7-4-2-1-3-6(7)5-8(10)11/h6H,1-5H2,(H,10,11)/t6-/m0/s1. The lowest BCUT2D eigenvalue weighted by molar-refractivity contribution is -0.141. The summed E-state index contributed by atoms with van der Waals surface area (Å²) in [4.78, 5) is 21.3. The van der Waals surface area contributed by atoms with Crippen molar-refractivity contribution in [3.8, 4) is 0 Å². The van der Waals surface area contributed by atoms with Crippen LogP contribution < -0.4 is 0 Å². The van der Waals surface area contributed by atoms with Gasteiger partial charge in [-0.1, -0.05) is 6.42 Å². The topological polar surface area (TPSA) is 54.4 Å². The molecular weight excluding hydrogens is 144 g/mol. The second-order valence-corrected chi connectivity index (χ2v) is 3.01. The highest BCUT2D eigenvalue weighted by atomic mass is 16.4. The molecule has 62 valence electrons. The van der Waals surface area contributed by atoms with Gasteiger partial charge < -0.3 is 5.11 Å². The van der Waals surface area contributed by atoms with Gasteiger partial charge in [-0.15, -0.1) is 0 Å². The molecule has 0 spiro atoms. The Morgan fingerprint density at radius 1 is 1.55 bits per heavy atom. The summed E-state index contributed by atoms with van der Waals surface area (Å²) < 4.78 is 0. The summed E-state index contributed by atoms with van der Waals surface area (Å²) in [5.41, 5.74) is 0. The van der Waals surface area contributed by atoms with Crippen molar-refractivity contribution in [3.63, 3.8) is 0 Å². The van der Waals surface area contributed by atoms with Crippen LogP contribution in [-0.4, -0.2) is 16.9 Å². The lowest BCUT2D eigenvalue weighted by Gasteiger charge is -2.17. The van der Waals surface area contributed by atoms with Gasteiger partial charge in [0.1, 0.15) is 5.78 Å². The second-order valence-electron chi connectivity index (χ2n) is 3.01. The first-order valence-electron chi connectivity index (χ1n) is 3.94. The summed E-state index contributed by atoms with van der Waals surface area (Å²) in [7, 11) is 0. The maximum atomic E-state index is 11.1. The number of hydrogen-bond donors (Lipinski definition) is 1. The van der Waals surface area contributed by atoms with E-state index in [-0.39, 0.29) is 18.1 Å². The third kappa shape index (κ3) is 2.33. The highest BCUT2D eigenvalue weighted by Gasteiger charge is 2.23. The minimum atomic E-state index is -0.856. The molecule has 0 aliphatic heterocycles. The largest absolute Gasteiger partial charge is 0.481 e. The van der Waals surface area contributed by atoms with Gasteiger partial charge in [0.05, 0.1) is 6.42 Å². The Labute approximate surface area is 65.4 Å². The minimum absolute atomic E-state index is 0.0266. The maximum absolute atomic E-state index is 11.1. The first-order chi connectivity index (χ1) is 5.20. The summed E-state index contributed by atoms with van der Waals surface area (Å²) >= 11 is 0. The zero-order chi connectivity index (χ0) is 8.27. The Hall–Kier alpha value is -0.860. The predicted molar refractivity (Wildman–Crippen MR) is 39.2 cm³/mol. The Kier molecular flexibility index (Phi) is 2.63. The lowest BCUT2D eigenvalue weighted by atomic mass is 9.86. The molecule has 0 aromatic rings. The van der Waals surface area contributed by atoms with Crippen LogP contribution in [0.3, 0.4) is 0 Å². The molecule has 3 nitrogen and oxygen atoms in total. The molecule has 1 aliphatic carbocycles. The number of carbonyl (C=O) groups is 2. The van der Waals surface area contributed by atoms with E-state index in [9.17, 15) is 9.59 Å². The molecule has 0 aromatic carbocycles.